The van der Waals surface area contributed by atoms with E-state index in [0.717, 1.165) is 44.1 Å². The normalized spacial score (nSPS) is 14.7. The predicted molar refractivity (Wildman–Crippen MR) is 114 cm³/mol. The van der Waals surface area contributed by atoms with Crippen LogP contribution >= 0.6 is 0 Å². The second-order valence-electron chi connectivity index (χ2n) is 7.11. The van der Waals surface area contributed by atoms with Crippen molar-refractivity contribution in [2.24, 2.45) is 0 Å². The third-order valence-electron chi connectivity index (χ3n) is 4.92. The van der Waals surface area contributed by atoms with Gasteiger partial charge < -0.3 is 15.4 Å². The molecule has 1 fully saturated rings. The van der Waals surface area contributed by atoms with Crippen LogP contribution in [0, 0.1) is 6.92 Å². The van der Waals surface area contributed by atoms with Gasteiger partial charge in [0.25, 0.3) is 5.91 Å². The van der Waals surface area contributed by atoms with Gasteiger partial charge in [0, 0.05) is 31.9 Å². The molecule has 0 aliphatic carbocycles. The highest BCUT2D eigenvalue weighted by molar-refractivity contribution is 5.99. The SMILES string of the molecule is Cc1ccc(Nc2nc3ccccc3nc2C(=O)NCCN2CCOCC2)cc1. The summed E-state index contributed by atoms with van der Waals surface area (Å²) in [4.78, 5) is 24.4. The van der Waals surface area contributed by atoms with Crippen molar-refractivity contribution in [2.75, 3.05) is 44.7 Å². The maximum atomic E-state index is 12.9. The first kappa shape index (κ1) is 19.3. The number of carbonyl (C=O) groups excluding carboxylic acids is 1. The lowest BCUT2D eigenvalue weighted by molar-refractivity contribution is 0.0383. The summed E-state index contributed by atoms with van der Waals surface area (Å²) in [7, 11) is 0. The number of aryl methyl sites for hydroxylation is 1. The average Bonchev–Trinajstić information content (AvgIpc) is 2.75. The summed E-state index contributed by atoms with van der Waals surface area (Å²) in [6.45, 7) is 6.66. The van der Waals surface area contributed by atoms with Crippen molar-refractivity contribution >= 4 is 28.4 Å². The van der Waals surface area contributed by atoms with Gasteiger partial charge in [-0.3, -0.25) is 9.69 Å². The molecule has 1 amide bonds. The van der Waals surface area contributed by atoms with Gasteiger partial charge in [0.2, 0.25) is 0 Å². The number of ether oxygens (including phenoxy) is 1. The molecule has 2 heterocycles. The van der Waals surface area contributed by atoms with Gasteiger partial charge in [-0.1, -0.05) is 29.8 Å². The van der Waals surface area contributed by atoms with E-state index in [9.17, 15) is 4.79 Å². The summed E-state index contributed by atoms with van der Waals surface area (Å²) >= 11 is 0. The van der Waals surface area contributed by atoms with Crippen LogP contribution in [-0.2, 0) is 4.74 Å². The lowest BCUT2D eigenvalue weighted by Crippen LogP contribution is -2.41. The van der Waals surface area contributed by atoms with Gasteiger partial charge in [-0.15, -0.1) is 0 Å². The molecule has 0 atom stereocenters. The molecule has 3 aromatic rings. The van der Waals surface area contributed by atoms with Crippen molar-refractivity contribution in [3.8, 4) is 0 Å². The number of amides is 1. The quantitative estimate of drug-likeness (QED) is 0.673. The van der Waals surface area contributed by atoms with E-state index < -0.39 is 0 Å². The number of nitrogens with one attached hydrogen (secondary N) is 2. The summed E-state index contributed by atoms with van der Waals surface area (Å²) in [5.41, 5.74) is 3.77. The van der Waals surface area contributed by atoms with Gasteiger partial charge in [0.05, 0.1) is 24.2 Å². The Morgan fingerprint density at radius 1 is 1.03 bits per heavy atom. The third-order valence-corrected chi connectivity index (χ3v) is 4.92. The molecule has 0 spiro atoms. The molecule has 1 aromatic heterocycles. The summed E-state index contributed by atoms with van der Waals surface area (Å²) in [6.07, 6.45) is 0. The Bertz CT molecular complexity index is 984. The van der Waals surface area contributed by atoms with Crippen LogP contribution in [0.15, 0.2) is 48.5 Å². The minimum absolute atomic E-state index is 0.230. The highest BCUT2D eigenvalue weighted by atomic mass is 16.5. The molecule has 2 N–H and O–H groups in total. The van der Waals surface area contributed by atoms with Crippen molar-refractivity contribution in [1.29, 1.82) is 0 Å². The van der Waals surface area contributed by atoms with E-state index in [1.165, 1.54) is 5.56 Å². The molecule has 7 nitrogen and oxygen atoms in total. The lowest BCUT2D eigenvalue weighted by atomic mass is 10.2. The van der Waals surface area contributed by atoms with Crippen LogP contribution in [-0.4, -0.2) is 60.2 Å². The van der Waals surface area contributed by atoms with Crippen LogP contribution in [0.2, 0.25) is 0 Å². The van der Waals surface area contributed by atoms with Gasteiger partial charge in [0.15, 0.2) is 11.5 Å². The highest BCUT2D eigenvalue weighted by Crippen LogP contribution is 2.21. The zero-order valence-corrected chi connectivity index (χ0v) is 16.5. The second-order valence-corrected chi connectivity index (χ2v) is 7.11. The van der Waals surface area contributed by atoms with Crippen molar-refractivity contribution in [3.63, 3.8) is 0 Å². The number of anilines is 2. The highest BCUT2D eigenvalue weighted by Gasteiger charge is 2.17. The predicted octanol–water partition coefficient (Wildman–Crippen LogP) is 2.74. The third kappa shape index (κ3) is 4.88. The minimum atomic E-state index is -0.230. The molecule has 0 radical (unpaired) electrons. The Morgan fingerprint density at radius 2 is 1.72 bits per heavy atom. The van der Waals surface area contributed by atoms with Gasteiger partial charge in [-0.2, -0.15) is 0 Å². The Labute approximate surface area is 170 Å². The van der Waals surface area contributed by atoms with Crippen LogP contribution in [0.3, 0.4) is 0 Å². The Morgan fingerprint density at radius 3 is 2.45 bits per heavy atom. The number of fused-ring (bicyclic) bond motifs is 1. The van der Waals surface area contributed by atoms with Crippen LogP contribution in [0.4, 0.5) is 11.5 Å². The fraction of sp³-hybridized carbons (Fsp3) is 0.318. The van der Waals surface area contributed by atoms with Crippen molar-refractivity contribution in [1.82, 2.24) is 20.2 Å². The molecule has 4 rings (SSSR count). The standard InChI is InChI=1S/C22H25N5O2/c1-16-6-8-17(9-7-16)24-21-20(25-18-4-2-3-5-19(18)26-21)22(28)23-10-11-27-12-14-29-15-13-27/h2-9H,10-15H2,1H3,(H,23,28)(H,24,26). The van der Waals surface area contributed by atoms with Crippen molar-refractivity contribution in [2.45, 2.75) is 6.92 Å². The van der Waals surface area contributed by atoms with Crippen molar-refractivity contribution in [3.05, 3.63) is 59.8 Å². The fourth-order valence-electron chi connectivity index (χ4n) is 3.26. The molecule has 7 heteroatoms. The molecule has 29 heavy (non-hydrogen) atoms. The van der Waals surface area contributed by atoms with Crippen LogP contribution in [0.1, 0.15) is 16.1 Å². The van der Waals surface area contributed by atoms with Gasteiger partial charge in [-0.25, -0.2) is 9.97 Å². The van der Waals surface area contributed by atoms with E-state index in [-0.39, 0.29) is 5.91 Å². The smallest absolute Gasteiger partial charge is 0.273 e. The molecule has 0 bridgehead atoms. The summed E-state index contributed by atoms with van der Waals surface area (Å²) < 4.78 is 5.36. The Kier molecular flexibility index (Phi) is 5.97. The number of para-hydroxylation sites is 2. The monoisotopic (exact) mass is 391 g/mol. The van der Waals surface area contributed by atoms with E-state index in [1.807, 2.05) is 55.5 Å². The second kappa shape index (κ2) is 8.98. The molecular formula is C22H25N5O2. The molecule has 1 aliphatic rings. The van der Waals surface area contributed by atoms with E-state index in [1.54, 1.807) is 0 Å². The molecule has 0 unspecified atom stereocenters. The molecular weight excluding hydrogens is 366 g/mol. The van der Waals surface area contributed by atoms with Crippen LogP contribution < -0.4 is 10.6 Å². The van der Waals surface area contributed by atoms with Crippen LogP contribution in [0.25, 0.3) is 11.0 Å². The number of carbonyl (C=O) groups is 1. The van der Waals surface area contributed by atoms with E-state index in [2.05, 4.69) is 25.5 Å². The maximum absolute atomic E-state index is 12.9. The average molecular weight is 391 g/mol. The topological polar surface area (TPSA) is 79.4 Å². The fourth-order valence-corrected chi connectivity index (χ4v) is 3.26. The number of morpholine rings is 1. The van der Waals surface area contributed by atoms with Crippen LogP contribution in [0.5, 0.6) is 0 Å². The maximum Gasteiger partial charge on any atom is 0.273 e. The van der Waals surface area contributed by atoms with Gasteiger partial charge in [0.1, 0.15) is 0 Å². The molecule has 1 saturated heterocycles. The first-order valence-electron chi connectivity index (χ1n) is 9.88. The van der Waals surface area contributed by atoms with E-state index >= 15 is 0 Å². The first-order chi connectivity index (χ1) is 14.2. The van der Waals surface area contributed by atoms with E-state index in [4.69, 9.17) is 4.74 Å². The summed E-state index contributed by atoms with van der Waals surface area (Å²) in [6, 6.07) is 15.5. The van der Waals surface area contributed by atoms with Gasteiger partial charge >= 0.3 is 0 Å². The number of hydrogen-bond acceptors (Lipinski definition) is 6. The number of hydrogen-bond donors (Lipinski definition) is 2. The summed E-state index contributed by atoms with van der Waals surface area (Å²) in [5.74, 6) is 0.225. The number of rotatable bonds is 6. The zero-order chi connectivity index (χ0) is 20.1. The summed E-state index contributed by atoms with van der Waals surface area (Å²) in [5, 5.41) is 6.23. The molecule has 1 aliphatic heterocycles. The molecule has 0 saturated carbocycles. The lowest BCUT2D eigenvalue weighted by Gasteiger charge is -2.26. The first-order valence-corrected chi connectivity index (χ1v) is 9.88. The van der Waals surface area contributed by atoms with Crippen molar-refractivity contribution < 1.29 is 9.53 Å². The van der Waals surface area contributed by atoms with Gasteiger partial charge in [-0.05, 0) is 31.2 Å². The number of benzene rings is 2. The molecule has 150 valence electrons. The number of nitrogens with zero attached hydrogens (tertiary/aromatic N) is 3. The van der Waals surface area contributed by atoms with E-state index in [0.29, 0.717) is 23.6 Å². The number of aromatic nitrogens is 2. The zero-order valence-electron chi connectivity index (χ0n) is 16.5. The Balaban J connectivity index is 1.53. The Hall–Kier alpha value is -3.03. The largest absolute Gasteiger partial charge is 0.379 e. The minimum Gasteiger partial charge on any atom is -0.379 e. The molecule has 2 aromatic carbocycles.